The van der Waals surface area contributed by atoms with Crippen LogP contribution in [0.2, 0.25) is 0 Å². The average Bonchev–Trinajstić information content (AvgIpc) is 2.43. The van der Waals surface area contributed by atoms with Crippen LogP contribution in [0.3, 0.4) is 0 Å². The van der Waals surface area contributed by atoms with Gasteiger partial charge in [-0.15, -0.1) is 0 Å². The molecule has 1 N–H and O–H groups in total. The van der Waals surface area contributed by atoms with Gasteiger partial charge in [0, 0.05) is 16.9 Å². The van der Waals surface area contributed by atoms with Crippen molar-refractivity contribution in [2.75, 3.05) is 13.6 Å². The zero-order chi connectivity index (χ0) is 14.5. The molecule has 2 aromatic rings. The smallest absolute Gasteiger partial charge is 0.123 e. The maximum Gasteiger partial charge on any atom is 0.123 e. The summed E-state index contributed by atoms with van der Waals surface area (Å²) in [6.45, 7) is 0.745. The Labute approximate surface area is 126 Å². The van der Waals surface area contributed by atoms with Crippen molar-refractivity contribution in [1.29, 1.82) is 0 Å². The molecule has 0 aliphatic heterocycles. The van der Waals surface area contributed by atoms with Crippen molar-refractivity contribution >= 4 is 15.9 Å². The molecule has 2 rings (SSSR count). The number of hydrogen-bond donors (Lipinski definition) is 1. The molecular formula is C16H16BrF2N. The van der Waals surface area contributed by atoms with Crippen molar-refractivity contribution < 1.29 is 8.78 Å². The van der Waals surface area contributed by atoms with Gasteiger partial charge in [0.05, 0.1) is 0 Å². The van der Waals surface area contributed by atoms with E-state index in [9.17, 15) is 8.78 Å². The molecule has 0 spiro atoms. The fourth-order valence-electron chi connectivity index (χ4n) is 2.25. The van der Waals surface area contributed by atoms with Crippen LogP contribution in [0.15, 0.2) is 46.9 Å². The van der Waals surface area contributed by atoms with Gasteiger partial charge in [0.15, 0.2) is 0 Å². The predicted molar refractivity (Wildman–Crippen MR) is 80.9 cm³/mol. The second kappa shape index (κ2) is 6.95. The Morgan fingerprint density at radius 2 is 1.70 bits per heavy atom. The minimum absolute atomic E-state index is 0.165. The van der Waals surface area contributed by atoms with Crippen LogP contribution in [-0.2, 0) is 6.42 Å². The highest BCUT2D eigenvalue weighted by Gasteiger charge is 2.14. The standard InChI is InChI=1S/C16H16BrF2N/c1-20-10-13(11-2-4-14(18)5-3-11)8-12-9-15(19)6-7-16(12)17/h2-7,9,13,20H,8,10H2,1H3. The van der Waals surface area contributed by atoms with Gasteiger partial charge in [-0.05, 0) is 54.9 Å². The molecule has 1 nitrogen and oxygen atoms in total. The fourth-order valence-corrected chi connectivity index (χ4v) is 2.66. The molecule has 0 saturated carbocycles. The van der Waals surface area contributed by atoms with Gasteiger partial charge in [-0.1, -0.05) is 28.1 Å². The van der Waals surface area contributed by atoms with E-state index in [0.717, 1.165) is 22.1 Å². The van der Waals surface area contributed by atoms with Gasteiger partial charge < -0.3 is 5.32 Å². The number of likely N-dealkylation sites (N-methyl/N-ethyl adjacent to an activating group) is 1. The van der Waals surface area contributed by atoms with Crippen LogP contribution in [0.4, 0.5) is 8.78 Å². The van der Waals surface area contributed by atoms with Gasteiger partial charge in [-0.3, -0.25) is 0 Å². The molecule has 1 atom stereocenters. The van der Waals surface area contributed by atoms with Gasteiger partial charge >= 0.3 is 0 Å². The van der Waals surface area contributed by atoms with Gasteiger partial charge in [-0.2, -0.15) is 0 Å². The first-order valence-electron chi connectivity index (χ1n) is 6.44. The van der Waals surface area contributed by atoms with Crippen molar-refractivity contribution in [3.05, 3.63) is 69.7 Å². The Balaban J connectivity index is 2.25. The summed E-state index contributed by atoms with van der Waals surface area (Å²) in [6, 6.07) is 11.2. The molecule has 2 aromatic carbocycles. The molecule has 0 aliphatic rings. The van der Waals surface area contributed by atoms with E-state index in [1.54, 1.807) is 18.2 Å². The quantitative estimate of drug-likeness (QED) is 0.857. The molecule has 0 fully saturated rings. The van der Waals surface area contributed by atoms with Gasteiger partial charge in [0.1, 0.15) is 11.6 Å². The van der Waals surface area contributed by atoms with Crippen LogP contribution in [0, 0.1) is 11.6 Å². The summed E-state index contributed by atoms with van der Waals surface area (Å²) < 4.78 is 27.3. The minimum Gasteiger partial charge on any atom is -0.319 e. The Morgan fingerprint density at radius 1 is 1.05 bits per heavy atom. The zero-order valence-electron chi connectivity index (χ0n) is 11.2. The monoisotopic (exact) mass is 339 g/mol. The predicted octanol–water partition coefficient (Wildman–Crippen LogP) is 4.27. The first-order valence-corrected chi connectivity index (χ1v) is 7.23. The van der Waals surface area contributed by atoms with Crippen molar-refractivity contribution in [3.63, 3.8) is 0 Å². The first kappa shape index (κ1) is 15.1. The lowest BCUT2D eigenvalue weighted by molar-refractivity contribution is 0.602. The molecule has 0 amide bonds. The van der Waals surface area contributed by atoms with Crippen molar-refractivity contribution in [2.45, 2.75) is 12.3 Å². The van der Waals surface area contributed by atoms with Crippen LogP contribution in [0.5, 0.6) is 0 Å². The topological polar surface area (TPSA) is 12.0 Å². The van der Waals surface area contributed by atoms with E-state index in [0.29, 0.717) is 6.42 Å². The van der Waals surface area contributed by atoms with E-state index in [-0.39, 0.29) is 17.6 Å². The second-order valence-corrected chi connectivity index (χ2v) is 5.60. The van der Waals surface area contributed by atoms with Gasteiger partial charge in [0.2, 0.25) is 0 Å². The molecule has 4 heteroatoms. The number of nitrogens with one attached hydrogen (secondary N) is 1. The molecule has 1 unspecified atom stereocenters. The van der Waals surface area contributed by atoms with Crippen molar-refractivity contribution in [3.8, 4) is 0 Å². The highest BCUT2D eigenvalue weighted by Crippen LogP contribution is 2.26. The van der Waals surface area contributed by atoms with Crippen molar-refractivity contribution in [2.24, 2.45) is 0 Å². The van der Waals surface area contributed by atoms with Gasteiger partial charge in [0.25, 0.3) is 0 Å². The van der Waals surface area contributed by atoms with E-state index < -0.39 is 0 Å². The molecule has 0 aliphatic carbocycles. The summed E-state index contributed by atoms with van der Waals surface area (Å²) in [5.41, 5.74) is 1.95. The molecule has 20 heavy (non-hydrogen) atoms. The van der Waals surface area contributed by atoms with Crippen LogP contribution in [-0.4, -0.2) is 13.6 Å². The average molecular weight is 340 g/mol. The largest absolute Gasteiger partial charge is 0.319 e. The van der Waals surface area contributed by atoms with Crippen LogP contribution < -0.4 is 5.32 Å². The number of rotatable bonds is 5. The van der Waals surface area contributed by atoms with E-state index in [4.69, 9.17) is 0 Å². The van der Waals surface area contributed by atoms with Crippen LogP contribution >= 0.6 is 15.9 Å². The Hall–Kier alpha value is -1.26. The third kappa shape index (κ3) is 3.87. The maximum atomic E-state index is 13.4. The second-order valence-electron chi connectivity index (χ2n) is 4.75. The first-order chi connectivity index (χ1) is 9.60. The molecular weight excluding hydrogens is 324 g/mol. The fraction of sp³-hybridized carbons (Fsp3) is 0.250. The zero-order valence-corrected chi connectivity index (χ0v) is 12.8. The van der Waals surface area contributed by atoms with E-state index in [1.807, 2.05) is 7.05 Å². The summed E-state index contributed by atoms with van der Waals surface area (Å²) >= 11 is 3.45. The lowest BCUT2D eigenvalue weighted by Gasteiger charge is -2.18. The van der Waals surface area contributed by atoms with Crippen molar-refractivity contribution in [1.82, 2.24) is 5.32 Å². The Morgan fingerprint density at radius 3 is 2.35 bits per heavy atom. The SMILES string of the molecule is CNCC(Cc1cc(F)ccc1Br)c1ccc(F)cc1. The molecule has 0 aromatic heterocycles. The minimum atomic E-state index is -0.246. The maximum absolute atomic E-state index is 13.4. The van der Waals surface area contributed by atoms with E-state index in [2.05, 4.69) is 21.2 Å². The lowest BCUT2D eigenvalue weighted by Crippen LogP contribution is -2.19. The third-order valence-electron chi connectivity index (χ3n) is 3.27. The summed E-state index contributed by atoms with van der Waals surface area (Å²) in [7, 11) is 1.87. The molecule has 106 valence electrons. The molecule has 0 radical (unpaired) electrons. The lowest BCUT2D eigenvalue weighted by atomic mass is 9.92. The molecule has 0 bridgehead atoms. The summed E-state index contributed by atoms with van der Waals surface area (Å²) in [4.78, 5) is 0. The third-order valence-corrected chi connectivity index (χ3v) is 4.04. The Kier molecular flexibility index (Phi) is 5.26. The normalized spacial score (nSPS) is 12.4. The number of benzene rings is 2. The van der Waals surface area contributed by atoms with Gasteiger partial charge in [-0.25, -0.2) is 8.78 Å². The molecule has 0 saturated heterocycles. The summed E-state index contributed by atoms with van der Waals surface area (Å²) in [6.07, 6.45) is 0.685. The number of halogens is 3. The number of hydrogen-bond acceptors (Lipinski definition) is 1. The van der Waals surface area contributed by atoms with E-state index >= 15 is 0 Å². The summed E-state index contributed by atoms with van der Waals surface area (Å²) in [5.74, 6) is -0.326. The van der Waals surface area contributed by atoms with Crippen LogP contribution in [0.1, 0.15) is 17.0 Å². The highest BCUT2D eigenvalue weighted by molar-refractivity contribution is 9.10. The molecule has 0 heterocycles. The highest BCUT2D eigenvalue weighted by atomic mass is 79.9. The summed E-state index contributed by atoms with van der Waals surface area (Å²) in [5, 5.41) is 3.13. The Bertz CT molecular complexity index is 569. The van der Waals surface area contributed by atoms with Crippen LogP contribution in [0.25, 0.3) is 0 Å². The van der Waals surface area contributed by atoms with E-state index in [1.165, 1.54) is 24.3 Å².